The van der Waals surface area contributed by atoms with Crippen molar-refractivity contribution in [1.29, 1.82) is 0 Å². The lowest BCUT2D eigenvalue weighted by Crippen LogP contribution is -2.49. The van der Waals surface area contributed by atoms with Crippen molar-refractivity contribution in [2.45, 2.75) is 44.3 Å². The summed E-state index contributed by atoms with van der Waals surface area (Å²) in [6, 6.07) is 18.6. The van der Waals surface area contributed by atoms with E-state index in [0.29, 0.717) is 12.1 Å². The van der Waals surface area contributed by atoms with Crippen molar-refractivity contribution in [2.75, 3.05) is 13.1 Å². The molecule has 1 aromatic carbocycles. The number of nitrogens with one attached hydrogen (secondary N) is 1. The van der Waals surface area contributed by atoms with Crippen molar-refractivity contribution in [3.05, 3.63) is 83.9 Å². The summed E-state index contributed by atoms with van der Waals surface area (Å²) in [4.78, 5) is 6.98. The highest BCUT2D eigenvalue weighted by atomic mass is 15.2. The van der Waals surface area contributed by atoms with E-state index in [9.17, 15) is 0 Å². The van der Waals surface area contributed by atoms with Gasteiger partial charge in [-0.1, -0.05) is 24.3 Å². The lowest BCUT2D eigenvalue weighted by Gasteiger charge is -2.37. The van der Waals surface area contributed by atoms with E-state index in [-0.39, 0.29) is 0 Å². The van der Waals surface area contributed by atoms with Gasteiger partial charge in [0.25, 0.3) is 0 Å². The van der Waals surface area contributed by atoms with Gasteiger partial charge in [0, 0.05) is 43.3 Å². The highest BCUT2D eigenvalue weighted by Gasteiger charge is 2.30. The summed E-state index contributed by atoms with van der Waals surface area (Å²) in [5.41, 5.74) is 5.52. The Morgan fingerprint density at radius 2 is 1.86 bits per heavy atom. The third kappa shape index (κ3) is 3.62. The smallest absolute Gasteiger partial charge is 0.0636 e. The molecule has 1 N–H and O–H groups in total. The van der Waals surface area contributed by atoms with Gasteiger partial charge >= 0.3 is 0 Å². The molecule has 0 spiro atoms. The number of rotatable bonds is 5. The Bertz CT molecular complexity index is 892. The van der Waals surface area contributed by atoms with E-state index in [0.717, 1.165) is 18.8 Å². The SMILES string of the molecule is c1cncc(-n2cccc2CNC2CCCN(C3Cc4ccccc4C3)C2)c1. The van der Waals surface area contributed by atoms with Gasteiger partial charge in [-0.3, -0.25) is 9.88 Å². The Kier molecular flexibility index (Phi) is 4.98. The number of pyridine rings is 1. The number of aromatic nitrogens is 2. The highest BCUT2D eigenvalue weighted by molar-refractivity contribution is 5.34. The van der Waals surface area contributed by atoms with E-state index in [1.54, 1.807) is 11.1 Å². The Balaban J connectivity index is 1.20. The van der Waals surface area contributed by atoms with Crippen molar-refractivity contribution in [3.63, 3.8) is 0 Å². The van der Waals surface area contributed by atoms with Crippen LogP contribution < -0.4 is 5.32 Å². The van der Waals surface area contributed by atoms with Gasteiger partial charge in [0.1, 0.15) is 0 Å². The minimum Gasteiger partial charge on any atom is -0.318 e. The topological polar surface area (TPSA) is 33.1 Å². The molecule has 1 unspecified atom stereocenters. The molecule has 4 nitrogen and oxygen atoms in total. The van der Waals surface area contributed by atoms with Crippen molar-refractivity contribution in [2.24, 2.45) is 0 Å². The van der Waals surface area contributed by atoms with E-state index in [1.165, 1.54) is 37.9 Å². The van der Waals surface area contributed by atoms with Crippen LogP contribution in [0.25, 0.3) is 5.69 Å². The van der Waals surface area contributed by atoms with E-state index in [4.69, 9.17) is 0 Å². The summed E-state index contributed by atoms with van der Waals surface area (Å²) in [6.45, 7) is 3.29. The summed E-state index contributed by atoms with van der Waals surface area (Å²) in [6.07, 6.45) is 10.8. The second kappa shape index (κ2) is 7.90. The van der Waals surface area contributed by atoms with Crippen LogP contribution in [0.2, 0.25) is 0 Å². The number of nitrogens with zero attached hydrogens (tertiary/aromatic N) is 3. The van der Waals surface area contributed by atoms with E-state index < -0.39 is 0 Å². The lowest BCUT2D eigenvalue weighted by molar-refractivity contribution is 0.140. The number of fused-ring (bicyclic) bond motifs is 1. The van der Waals surface area contributed by atoms with Crippen LogP contribution in [-0.4, -0.2) is 39.6 Å². The molecule has 1 aliphatic heterocycles. The maximum Gasteiger partial charge on any atom is 0.0636 e. The van der Waals surface area contributed by atoms with Gasteiger partial charge in [-0.2, -0.15) is 0 Å². The first-order valence-electron chi connectivity index (χ1n) is 10.5. The van der Waals surface area contributed by atoms with E-state index in [2.05, 4.69) is 68.4 Å². The fourth-order valence-corrected chi connectivity index (χ4v) is 4.86. The predicted molar refractivity (Wildman–Crippen MR) is 113 cm³/mol. The summed E-state index contributed by atoms with van der Waals surface area (Å²) >= 11 is 0. The number of likely N-dealkylation sites (tertiary alicyclic amines) is 1. The Morgan fingerprint density at radius 3 is 2.64 bits per heavy atom. The molecule has 0 bridgehead atoms. The molecule has 4 heteroatoms. The average Bonchev–Trinajstić information content (AvgIpc) is 3.40. The third-order valence-corrected chi connectivity index (χ3v) is 6.33. The minimum absolute atomic E-state index is 0.565. The molecule has 1 fully saturated rings. The largest absolute Gasteiger partial charge is 0.318 e. The average molecular weight is 373 g/mol. The van der Waals surface area contributed by atoms with Crippen molar-refractivity contribution < 1.29 is 0 Å². The number of piperidine rings is 1. The van der Waals surface area contributed by atoms with Gasteiger partial charge in [0.15, 0.2) is 0 Å². The maximum absolute atomic E-state index is 4.25. The zero-order valence-corrected chi connectivity index (χ0v) is 16.3. The summed E-state index contributed by atoms with van der Waals surface area (Å²) in [5.74, 6) is 0. The van der Waals surface area contributed by atoms with Crippen molar-refractivity contribution in [1.82, 2.24) is 19.8 Å². The minimum atomic E-state index is 0.565. The predicted octanol–water partition coefficient (Wildman–Crippen LogP) is 3.59. The third-order valence-electron chi connectivity index (χ3n) is 6.33. The normalized spacial score (nSPS) is 20.4. The zero-order chi connectivity index (χ0) is 18.8. The number of hydrogen-bond donors (Lipinski definition) is 1. The first-order chi connectivity index (χ1) is 13.9. The van der Waals surface area contributed by atoms with Gasteiger partial charge < -0.3 is 9.88 Å². The number of hydrogen-bond acceptors (Lipinski definition) is 3. The molecule has 2 aromatic heterocycles. The maximum atomic E-state index is 4.25. The van der Waals surface area contributed by atoms with Crippen LogP contribution in [-0.2, 0) is 19.4 Å². The summed E-state index contributed by atoms with van der Waals surface area (Å²) < 4.78 is 2.23. The lowest BCUT2D eigenvalue weighted by atomic mass is 10.0. The molecule has 1 atom stereocenters. The zero-order valence-electron chi connectivity index (χ0n) is 16.3. The molecular formula is C24H28N4. The molecule has 2 aliphatic rings. The van der Waals surface area contributed by atoms with Crippen LogP contribution in [0.5, 0.6) is 0 Å². The van der Waals surface area contributed by atoms with Gasteiger partial charge in [0.05, 0.1) is 11.9 Å². The molecule has 0 amide bonds. The van der Waals surface area contributed by atoms with Crippen molar-refractivity contribution in [3.8, 4) is 5.69 Å². The fraction of sp³-hybridized carbons (Fsp3) is 0.375. The van der Waals surface area contributed by atoms with Crippen LogP contribution in [0.3, 0.4) is 0 Å². The number of benzene rings is 1. The molecule has 3 heterocycles. The first-order valence-corrected chi connectivity index (χ1v) is 10.5. The van der Waals surface area contributed by atoms with Gasteiger partial charge in [-0.25, -0.2) is 0 Å². The van der Waals surface area contributed by atoms with Crippen molar-refractivity contribution >= 4 is 0 Å². The second-order valence-corrected chi connectivity index (χ2v) is 8.13. The molecule has 144 valence electrons. The molecule has 3 aromatic rings. The standard InChI is InChI=1S/C24H28N4/c1-2-7-20-15-24(14-19(20)6-1)27-12-4-8-21(18-27)26-17-23-10-5-13-28(23)22-9-3-11-25-16-22/h1-3,5-7,9-11,13,16,21,24,26H,4,8,12,14-15,17-18H2. The summed E-state index contributed by atoms with van der Waals surface area (Å²) in [5, 5.41) is 3.83. The van der Waals surface area contributed by atoms with E-state index >= 15 is 0 Å². The molecular weight excluding hydrogens is 344 g/mol. The molecule has 0 radical (unpaired) electrons. The molecule has 1 saturated heterocycles. The molecule has 5 rings (SSSR count). The highest BCUT2D eigenvalue weighted by Crippen LogP contribution is 2.27. The van der Waals surface area contributed by atoms with E-state index in [1.807, 2.05) is 18.5 Å². The Labute approximate surface area is 167 Å². The van der Waals surface area contributed by atoms with Gasteiger partial charge in [-0.05, 0) is 67.6 Å². The Morgan fingerprint density at radius 1 is 1.00 bits per heavy atom. The van der Waals surface area contributed by atoms with Gasteiger partial charge in [-0.15, -0.1) is 0 Å². The van der Waals surface area contributed by atoms with Crippen LogP contribution >= 0.6 is 0 Å². The van der Waals surface area contributed by atoms with Crippen LogP contribution in [0.4, 0.5) is 0 Å². The quantitative estimate of drug-likeness (QED) is 0.743. The molecule has 1 aliphatic carbocycles. The van der Waals surface area contributed by atoms with Gasteiger partial charge in [0.2, 0.25) is 0 Å². The molecule has 0 saturated carbocycles. The monoisotopic (exact) mass is 372 g/mol. The fourth-order valence-electron chi connectivity index (χ4n) is 4.86. The van der Waals surface area contributed by atoms with Crippen LogP contribution in [0.15, 0.2) is 67.1 Å². The van der Waals surface area contributed by atoms with Crippen LogP contribution in [0, 0.1) is 0 Å². The first kappa shape index (κ1) is 17.7. The second-order valence-electron chi connectivity index (χ2n) is 8.13. The summed E-state index contributed by atoms with van der Waals surface area (Å²) in [7, 11) is 0. The Hall–Kier alpha value is -2.43. The van der Waals surface area contributed by atoms with Crippen LogP contribution in [0.1, 0.15) is 29.7 Å². The molecule has 28 heavy (non-hydrogen) atoms.